The molecule has 2 nitrogen and oxygen atoms in total. The van der Waals surface area contributed by atoms with Gasteiger partial charge < -0.3 is 10.0 Å². The molecule has 0 aromatic heterocycles. The van der Waals surface area contributed by atoms with Gasteiger partial charge in [0.15, 0.2) is 0 Å². The van der Waals surface area contributed by atoms with Crippen molar-refractivity contribution in [2.24, 2.45) is 0 Å². The van der Waals surface area contributed by atoms with Crippen molar-refractivity contribution < 1.29 is 5.11 Å². The molecule has 0 spiro atoms. The molecule has 0 heterocycles. The van der Waals surface area contributed by atoms with E-state index in [0.717, 1.165) is 13.1 Å². The van der Waals surface area contributed by atoms with E-state index in [1.54, 1.807) is 0 Å². The van der Waals surface area contributed by atoms with Gasteiger partial charge in [0.1, 0.15) is 0 Å². The van der Waals surface area contributed by atoms with Crippen molar-refractivity contribution in [3.63, 3.8) is 0 Å². The van der Waals surface area contributed by atoms with Crippen LogP contribution in [0.25, 0.3) is 0 Å². The van der Waals surface area contributed by atoms with E-state index in [1.165, 1.54) is 12.8 Å². The van der Waals surface area contributed by atoms with Gasteiger partial charge in [0.05, 0.1) is 6.61 Å². The third-order valence-electron chi connectivity index (χ3n) is 1.38. The van der Waals surface area contributed by atoms with E-state index >= 15 is 0 Å². The monoisotopic (exact) mass is 203 g/mol. The molecule has 0 rings (SSSR count). The number of nitrogens with zero attached hydrogens (tertiary/aromatic N) is 1. The maximum atomic E-state index is 8.49. The minimum Gasteiger partial charge on any atom is -0.395 e. The second-order valence-corrected chi connectivity index (χ2v) is 2.38. The molecule has 11 heavy (non-hydrogen) atoms. The lowest BCUT2D eigenvalue weighted by atomic mass is 10.3. The highest BCUT2D eigenvalue weighted by molar-refractivity contribution is 5.85. The molecule has 0 aliphatic rings. The second-order valence-electron chi connectivity index (χ2n) is 2.38. The van der Waals surface area contributed by atoms with Crippen molar-refractivity contribution in [3.05, 3.63) is 0 Å². The first kappa shape index (κ1) is 17.5. The SMILES string of the molecule is CCCCN(C)CCO.Cl.Cl. The fourth-order valence-electron chi connectivity index (χ4n) is 0.711. The van der Waals surface area contributed by atoms with Crippen molar-refractivity contribution in [1.29, 1.82) is 0 Å². The van der Waals surface area contributed by atoms with Gasteiger partial charge in [-0.3, -0.25) is 0 Å². The number of hydrogen-bond acceptors (Lipinski definition) is 2. The number of unbranched alkanes of at least 4 members (excludes halogenated alkanes) is 1. The Morgan fingerprint density at radius 3 is 2.09 bits per heavy atom. The first-order valence-corrected chi connectivity index (χ1v) is 3.60. The normalized spacial score (nSPS) is 8.73. The van der Waals surface area contributed by atoms with Crippen molar-refractivity contribution in [2.75, 3.05) is 26.7 Å². The number of aliphatic hydroxyl groups is 1. The van der Waals surface area contributed by atoms with Crippen molar-refractivity contribution in [3.8, 4) is 0 Å². The summed E-state index contributed by atoms with van der Waals surface area (Å²) >= 11 is 0. The maximum Gasteiger partial charge on any atom is 0.0558 e. The van der Waals surface area contributed by atoms with Crippen LogP contribution in [0.5, 0.6) is 0 Å². The zero-order chi connectivity index (χ0) is 7.11. The summed E-state index contributed by atoms with van der Waals surface area (Å²) in [5, 5.41) is 8.49. The number of aliphatic hydroxyl groups excluding tert-OH is 1. The number of rotatable bonds is 5. The van der Waals surface area contributed by atoms with Gasteiger partial charge in [-0.15, -0.1) is 24.8 Å². The lowest BCUT2D eigenvalue weighted by Crippen LogP contribution is -2.22. The fraction of sp³-hybridized carbons (Fsp3) is 1.00. The fourth-order valence-corrected chi connectivity index (χ4v) is 0.711. The van der Waals surface area contributed by atoms with Gasteiger partial charge >= 0.3 is 0 Å². The summed E-state index contributed by atoms with van der Waals surface area (Å²) in [4.78, 5) is 2.14. The molecular weight excluding hydrogens is 185 g/mol. The molecule has 0 aliphatic carbocycles. The molecule has 0 radical (unpaired) electrons. The molecule has 0 fully saturated rings. The summed E-state index contributed by atoms with van der Waals surface area (Å²) in [6.45, 7) is 4.37. The molecule has 1 N–H and O–H groups in total. The summed E-state index contributed by atoms with van der Waals surface area (Å²) in [5.74, 6) is 0. The molecule has 72 valence electrons. The quantitative estimate of drug-likeness (QED) is 0.734. The van der Waals surface area contributed by atoms with Crippen molar-refractivity contribution in [1.82, 2.24) is 4.90 Å². The lowest BCUT2D eigenvalue weighted by molar-refractivity contribution is 0.220. The Morgan fingerprint density at radius 2 is 1.73 bits per heavy atom. The number of halogens is 2. The minimum atomic E-state index is 0. The van der Waals surface area contributed by atoms with Crippen LogP contribution in [0.2, 0.25) is 0 Å². The van der Waals surface area contributed by atoms with Gasteiger partial charge in [0.2, 0.25) is 0 Å². The highest BCUT2D eigenvalue weighted by atomic mass is 35.5. The second kappa shape index (κ2) is 13.1. The van der Waals surface area contributed by atoms with Gasteiger partial charge in [-0.25, -0.2) is 0 Å². The Bertz CT molecular complexity index is 64.4. The van der Waals surface area contributed by atoms with E-state index in [9.17, 15) is 0 Å². The molecule has 4 heteroatoms. The zero-order valence-electron chi connectivity index (χ0n) is 7.25. The van der Waals surface area contributed by atoms with E-state index in [1.807, 2.05) is 7.05 Å². The van der Waals surface area contributed by atoms with Crippen LogP contribution in [0, 0.1) is 0 Å². The summed E-state index contributed by atoms with van der Waals surface area (Å²) in [6.07, 6.45) is 2.46. The van der Waals surface area contributed by atoms with Gasteiger partial charge in [-0.05, 0) is 20.0 Å². The van der Waals surface area contributed by atoms with Crippen LogP contribution in [0.4, 0.5) is 0 Å². The van der Waals surface area contributed by atoms with Crippen LogP contribution in [-0.2, 0) is 0 Å². The minimum absolute atomic E-state index is 0. The lowest BCUT2D eigenvalue weighted by Gasteiger charge is -2.13. The van der Waals surface area contributed by atoms with Crippen LogP contribution in [0.15, 0.2) is 0 Å². The molecule has 0 saturated carbocycles. The third-order valence-corrected chi connectivity index (χ3v) is 1.38. The Kier molecular flexibility index (Phi) is 20.9. The maximum absolute atomic E-state index is 8.49. The standard InChI is InChI=1S/C7H17NO.2ClH/c1-3-4-5-8(2)6-7-9;;/h9H,3-7H2,1-2H3;2*1H. The van der Waals surface area contributed by atoms with E-state index in [0.29, 0.717) is 0 Å². The Labute approximate surface area is 81.8 Å². The Morgan fingerprint density at radius 1 is 1.18 bits per heavy atom. The topological polar surface area (TPSA) is 23.5 Å². The molecular formula is C7H19Cl2NO. The van der Waals surface area contributed by atoms with E-state index in [2.05, 4.69) is 11.8 Å². The van der Waals surface area contributed by atoms with E-state index in [-0.39, 0.29) is 31.4 Å². The predicted octanol–water partition coefficient (Wildman–Crippen LogP) is 1.55. The third kappa shape index (κ3) is 13.5. The highest BCUT2D eigenvalue weighted by Gasteiger charge is 1.93. The molecule has 0 unspecified atom stereocenters. The van der Waals surface area contributed by atoms with Crippen LogP contribution in [0.3, 0.4) is 0 Å². The number of hydrogen-bond donors (Lipinski definition) is 1. The Balaban J connectivity index is -0.000000320. The van der Waals surface area contributed by atoms with Crippen molar-refractivity contribution in [2.45, 2.75) is 19.8 Å². The summed E-state index contributed by atoms with van der Waals surface area (Å²) < 4.78 is 0. The van der Waals surface area contributed by atoms with E-state index in [4.69, 9.17) is 5.11 Å². The molecule has 0 saturated heterocycles. The van der Waals surface area contributed by atoms with Crippen LogP contribution >= 0.6 is 24.8 Å². The van der Waals surface area contributed by atoms with Gasteiger partial charge in [0, 0.05) is 6.54 Å². The smallest absolute Gasteiger partial charge is 0.0558 e. The molecule has 0 bridgehead atoms. The molecule has 0 atom stereocenters. The van der Waals surface area contributed by atoms with Gasteiger partial charge in [0.25, 0.3) is 0 Å². The molecule has 0 amide bonds. The predicted molar refractivity (Wildman–Crippen MR) is 54.0 cm³/mol. The van der Waals surface area contributed by atoms with Gasteiger partial charge in [-0.1, -0.05) is 13.3 Å². The highest BCUT2D eigenvalue weighted by Crippen LogP contribution is 1.89. The van der Waals surface area contributed by atoms with Crippen LogP contribution in [0.1, 0.15) is 19.8 Å². The Hall–Kier alpha value is 0.500. The summed E-state index contributed by atoms with van der Waals surface area (Å²) in [5.41, 5.74) is 0. The van der Waals surface area contributed by atoms with E-state index < -0.39 is 0 Å². The first-order valence-electron chi connectivity index (χ1n) is 3.60. The molecule has 0 aromatic rings. The van der Waals surface area contributed by atoms with Gasteiger partial charge in [-0.2, -0.15) is 0 Å². The largest absolute Gasteiger partial charge is 0.395 e. The van der Waals surface area contributed by atoms with Crippen LogP contribution in [-0.4, -0.2) is 36.8 Å². The summed E-state index contributed by atoms with van der Waals surface area (Å²) in [6, 6.07) is 0. The first-order chi connectivity index (χ1) is 4.31. The molecule has 0 aromatic carbocycles. The number of likely N-dealkylation sites (N-methyl/N-ethyl adjacent to an activating group) is 1. The average molecular weight is 204 g/mol. The van der Waals surface area contributed by atoms with Crippen molar-refractivity contribution >= 4 is 24.8 Å². The zero-order valence-corrected chi connectivity index (χ0v) is 8.88. The molecule has 0 aliphatic heterocycles. The van der Waals surface area contributed by atoms with Crippen LogP contribution < -0.4 is 0 Å². The summed E-state index contributed by atoms with van der Waals surface area (Å²) in [7, 11) is 2.03. The average Bonchev–Trinajstić information content (AvgIpc) is 1.85.